The van der Waals surface area contributed by atoms with Gasteiger partial charge in [0, 0.05) is 13.1 Å². The smallest absolute Gasteiger partial charge is 0.343 e. The molecule has 0 bridgehead atoms. The van der Waals surface area contributed by atoms with Crippen LogP contribution in [0.3, 0.4) is 0 Å². The van der Waals surface area contributed by atoms with E-state index >= 15 is 0 Å². The second-order valence-corrected chi connectivity index (χ2v) is 7.07. The third-order valence-corrected chi connectivity index (χ3v) is 4.77. The predicted octanol–water partition coefficient (Wildman–Crippen LogP) is 5.19. The van der Waals surface area contributed by atoms with Crippen molar-refractivity contribution >= 4 is 5.91 Å². The Labute approximate surface area is 174 Å². The fraction of sp³-hybridized carbons (Fsp3) is 0.381. The zero-order chi connectivity index (χ0) is 22.8. The number of hydrogen-bond donors (Lipinski definition) is 0. The first-order valence-electron chi connectivity index (χ1n) is 9.34. The molecule has 1 fully saturated rings. The lowest BCUT2D eigenvalue weighted by molar-refractivity contribution is -0.209. The number of carbonyl (C=O) groups excluding carboxylic acids is 1. The Balaban J connectivity index is 1.78. The molecule has 10 heteroatoms. The Kier molecular flexibility index (Phi) is 6.61. The lowest BCUT2D eigenvalue weighted by Crippen LogP contribution is -2.48. The van der Waals surface area contributed by atoms with Crippen molar-refractivity contribution in [1.29, 1.82) is 0 Å². The molecule has 1 heterocycles. The molecule has 0 aliphatic carbocycles. The molecular formula is C21H19F6NO3. The molecule has 2 aromatic carbocycles. The van der Waals surface area contributed by atoms with Crippen molar-refractivity contribution in [1.82, 2.24) is 4.90 Å². The highest BCUT2D eigenvalue weighted by molar-refractivity contribution is 5.80. The summed E-state index contributed by atoms with van der Waals surface area (Å²) in [4.78, 5) is 14.1. The lowest BCUT2D eigenvalue weighted by atomic mass is 10.0. The van der Waals surface area contributed by atoms with Crippen LogP contribution in [0.2, 0.25) is 0 Å². The minimum absolute atomic E-state index is 0.0417. The SMILES string of the molecule is C[C@H](O[C@H]1OCCN(Cc2ccccc2)C1=O)c1cc(C(F)(F)F)cc(C(F)(F)F)c1. The molecule has 4 nitrogen and oxygen atoms in total. The number of nitrogens with zero attached hydrogens (tertiary/aromatic N) is 1. The third-order valence-electron chi connectivity index (χ3n) is 4.77. The summed E-state index contributed by atoms with van der Waals surface area (Å²) in [6.07, 6.45) is -12.6. The van der Waals surface area contributed by atoms with Crippen molar-refractivity contribution in [3.63, 3.8) is 0 Å². The van der Waals surface area contributed by atoms with Crippen molar-refractivity contribution in [3.8, 4) is 0 Å². The van der Waals surface area contributed by atoms with Gasteiger partial charge in [-0.2, -0.15) is 26.3 Å². The molecule has 1 amide bonds. The largest absolute Gasteiger partial charge is 0.416 e. The molecule has 168 valence electrons. The molecule has 1 aliphatic heterocycles. The van der Waals surface area contributed by atoms with Crippen LogP contribution in [-0.2, 0) is 33.2 Å². The van der Waals surface area contributed by atoms with Gasteiger partial charge in [-0.25, -0.2) is 0 Å². The summed E-state index contributed by atoms with van der Waals surface area (Å²) < 4.78 is 89.2. The van der Waals surface area contributed by atoms with E-state index in [1.807, 2.05) is 30.3 Å². The first-order chi connectivity index (χ1) is 14.4. The zero-order valence-electron chi connectivity index (χ0n) is 16.3. The predicted molar refractivity (Wildman–Crippen MR) is 97.5 cm³/mol. The molecular weight excluding hydrogens is 428 g/mol. The topological polar surface area (TPSA) is 38.8 Å². The Morgan fingerprint density at radius 2 is 1.61 bits per heavy atom. The van der Waals surface area contributed by atoms with E-state index in [2.05, 4.69) is 0 Å². The number of amides is 1. The van der Waals surface area contributed by atoms with Crippen molar-refractivity contribution in [2.24, 2.45) is 0 Å². The van der Waals surface area contributed by atoms with Gasteiger partial charge in [-0.15, -0.1) is 0 Å². The number of carbonyl (C=O) groups is 1. The van der Waals surface area contributed by atoms with Crippen LogP contribution in [0.15, 0.2) is 48.5 Å². The molecule has 2 atom stereocenters. The third kappa shape index (κ3) is 5.76. The maximum atomic E-state index is 13.1. The van der Waals surface area contributed by atoms with Gasteiger partial charge in [-0.1, -0.05) is 30.3 Å². The van der Waals surface area contributed by atoms with Crippen LogP contribution in [-0.4, -0.2) is 30.2 Å². The normalized spacial score (nSPS) is 18.9. The molecule has 0 saturated carbocycles. The van der Waals surface area contributed by atoms with Gasteiger partial charge in [-0.3, -0.25) is 4.79 Å². The number of benzene rings is 2. The summed E-state index contributed by atoms with van der Waals surface area (Å²) in [6, 6.07) is 10.3. The molecule has 0 unspecified atom stereocenters. The first kappa shape index (κ1) is 23.1. The van der Waals surface area contributed by atoms with Crippen molar-refractivity contribution in [2.75, 3.05) is 13.2 Å². The number of hydrogen-bond acceptors (Lipinski definition) is 3. The van der Waals surface area contributed by atoms with Gasteiger partial charge in [0.2, 0.25) is 6.29 Å². The van der Waals surface area contributed by atoms with Crippen LogP contribution in [0, 0.1) is 0 Å². The van der Waals surface area contributed by atoms with Crippen molar-refractivity contribution in [2.45, 2.75) is 38.2 Å². The maximum Gasteiger partial charge on any atom is 0.416 e. The average Bonchev–Trinajstić information content (AvgIpc) is 2.70. The summed E-state index contributed by atoms with van der Waals surface area (Å²) in [7, 11) is 0. The zero-order valence-corrected chi connectivity index (χ0v) is 16.3. The van der Waals surface area contributed by atoms with Gasteiger partial charge >= 0.3 is 12.4 Å². The minimum atomic E-state index is -4.97. The molecule has 3 rings (SSSR count). The number of morpholine rings is 1. The van der Waals surface area contributed by atoms with Crippen LogP contribution in [0.5, 0.6) is 0 Å². The molecule has 2 aromatic rings. The van der Waals surface area contributed by atoms with Crippen molar-refractivity contribution in [3.05, 3.63) is 70.8 Å². The van der Waals surface area contributed by atoms with Crippen LogP contribution in [0.1, 0.15) is 35.3 Å². The molecule has 0 spiro atoms. The van der Waals surface area contributed by atoms with E-state index in [4.69, 9.17) is 9.47 Å². The Morgan fingerprint density at radius 1 is 1.03 bits per heavy atom. The van der Waals surface area contributed by atoms with Gasteiger partial charge in [-0.05, 0) is 36.2 Å². The van der Waals surface area contributed by atoms with E-state index in [0.29, 0.717) is 12.1 Å². The van der Waals surface area contributed by atoms with E-state index in [1.165, 1.54) is 11.8 Å². The first-order valence-corrected chi connectivity index (χ1v) is 9.34. The average molecular weight is 447 g/mol. The van der Waals surface area contributed by atoms with Crippen LogP contribution in [0.4, 0.5) is 26.3 Å². The Hall–Kier alpha value is -2.59. The summed E-state index contributed by atoms with van der Waals surface area (Å²) in [5.74, 6) is -0.551. The van der Waals surface area contributed by atoms with E-state index in [-0.39, 0.29) is 31.3 Å². The molecule has 0 radical (unpaired) electrons. The second-order valence-electron chi connectivity index (χ2n) is 7.07. The van der Waals surface area contributed by atoms with E-state index in [0.717, 1.165) is 5.56 Å². The molecule has 1 saturated heterocycles. The quantitative estimate of drug-likeness (QED) is 0.593. The summed E-state index contributed by atoms with van der Waals surface area (Å²) in [6.45, 7) is 1.94. The van der Waals surface area contributed by atoms with Crippen LogP contribution >= 0.6 is 0 Å². The van der Waals surface area contributed by atoms with E-state index in [9.17, 15) is 31.1 Å². The number of rotatable bonds is 5. The summed E-state index contributed by atoms with van der Waals surface area (Å²) in [5.41, 5.74) is -2.40. The van der Waals surface area contributed by atoms with E-state index < -0.39 is 41.8 Å². The maximum absolute atomic E-state index is 13.1. The number of ether oxygens (including phenoxy) is 2. The monoisotopic (exact) mass is 447 g/mol. The number of alkyl halides is 6. The Bertz CT molecular complexity index is 881. The fourth-order valence-electron chi connectivity index (χ4n) is 3.14. The highest BCUT2D eigenvalue weighted by atomic mass is 19.4. The van der Waals surface area contributed by atoms with Gasteiger partial charge in [0.25, 0.3) is 5.91 Å². The van der Waals surface area contributed by atoms with Crippen LogP contribution in [0.25, 0.3) is 0 Å². The van der Waals surface area contributed by atoms with Gasteiger partial charge < -0.3 is 14.4 Å². The van der Waals surface area contributed by atoms with E-state index in [1.54, 1.807) is 0 Å². The highest BCUT2D eigenvalue weighted by Crippen LogP contribution is 2.38. The van der Waals surface area contributed by atoms with Crippen LogP contribution < -0.4 is 0 Å². The Morgan fingerprint density at radius 3 is 2.16 bits per heavy atom. The molecule has 0 aromatic heterocycles. The second kappa shape index (κ2) is 8.88. The minimum Gasteiger partial charge on any atom is -0.343 e. The van der Waals surface area contributed by atoms with Crippen molar-refractivity contribution < 1.29 is 40.6 Å². The van der Waals surface area contributed by atoms with Gasteiger partial charge in [0.05, 0.1) is 23.8 Å². The standard InChI is InChI=1S/C21H19F6NO3/c1-13(15-9-16(20(22,23)24)11-17(10-15)21(25,26)27)31-19-18(29)28(7-8-30-19)12-14-5-3-2-4-6-14/h2-6,9-11,13,19H,7-8,12H2,1H3/t13-,19+/m0/s1. The molecule has 0 N–H and O–H groups in total. The fourth-order valence-corrected chi connectivity index (χ4v) is 3.14. The lowest BCUT2D eigenvalue weighted by Gasteiger charge is -2.33. The molecule has 31 heavy (non-hydrogen) atoms. The molecule has 1 aliphatic rings. The summed E-state index contributed by atoms with van der Waals surface area (Å²) >= 11 is 0. The number of halogens is 6. The summed E-state index contributed by atoms with van der Waals surface area (Å²) in [5, 5.41) is 0. The van der Waals surface area contributed by atoms with Gasteiger partial charge in [0.1, 0.15) is 0 Å². The highest BCUT2D eigenvalue weighted by Gasteiger charge is 2.38. The van der Waals surface area contributed by atoms with Gasteiger partial charge in [0.15, 0.2) is 0 Å².